The highest BCUT2D eigenvalue weighted by Crippen LogP contribution is 2.25. The number of carbonyl (C=O) groups excluding carboxylic acids is 4. The van der Waals surface area contributed by atoms with Crippen LogP contribution in [-0.2, 0) is 9.59 Å². The van der Waals surface area contributed by atoms with Gasteiger partial charge in [0, 0.05) is 37.3 Å². The van der Waals surface area contributed by atoms with Crippen LogP contribution in [0.4, 0.5) is 0 Å². The molecule has 1 aromatic carbocycles. The van der Waals surface area contributed by atoms with Crippen molar-refractivity contribution in [2.45, 2.75) is 57.5 Å². The van der Waals surface area contributed by atoms with Crippen molar-refractivity contribution in [2.24, 2.45) is 0 Å². The molecule has 3 amide bonds. The summed E-state index contributed by atoms with van der Waals surface area (Å²) in [6, 6.07) is 5.91. The smallest absolute Gasteiger partial charge is 0.254 e. The SMILES string of the molecule is CC(=O)[C@H]1CCCN1C(=O)c1cccc(C(=O)N2CCC[C@H]2C(=O)N2CCCC2)c1. The molecular formula is C23H29N3O4. The van der Waals surface area contributed by atoms with Crippen molar-refractivity contribution in [1.29, 1.82) is 0 Å². The number of nitrogens with zero attached hydrogens (tertiary/aromatic N) is 3. The van der Waals surface area contributed by atoms with E-state index in [-0.39, 0.29) is 29.5 Å². The van der Waals surface area contributed by atoms with E-state index in [4.69, 9.17) is 0 Å². The summed E-state index contributed by atoms with van der Waals surface area (Å²) in [4.78, 5) is 56.1. The molecule has 160 valence electrons. The van der Waals surface area contributed by atoms with E-state index in [1.165, 1.54) is 6.92 Å². The van der Waals surface area contributed by atoms with E-state index in [1.54, 1.807) is 34.1 Å². The Morgan fingerprint density at radius 1 is 0.767 bits per heavy atom. The predicted molar refractivity (Wildman–Crippen MR) is 111 cm³/mol. The minimum absolute atomic E-state index is 0.00610. The maximum atomic E-state index is 13.2. The van der Waals surface area contributed by atoms with Gasteiger partial charge in [0.1, 0.15) is 6.04 Å². The molecule has 0 radical (unpaired) electrons. The van der Waals surface area contributed by atoms with Gasteiger partial charge in [-0.05, 0) is 63.6 Å². The van der Waals surface area contributed by atoms with E-state index < -0.39 is 6.04 Å². The third-order valence-corrected chi connectivity index (χ3v) is 6.56. The summed E-state index contributed by atoms with van der Waals surface area (Å²) in [6.45, 7) is 4.17. The summed E-state index contributed by atoms with van der Waals surface area (Å²) in [6.07, 6.45) is 5.04. The van der Waals surface area contributed by atoms with Crippen molar-refractivity contribution < 1.29 is 19.2 Å². The zero-order valence-corrected chi connectivity index (χ0v) is 17.5. The molecule has 0 aliphatic carbocycles. The van der Waals surface area contributed by atoms with Gasteiger partial charge >= 0.3 is 0 Å². The lowest BCUT2D eigenvalue weighted by molar-refractivity contribution is -0.134. The van der Waals surface area contributed by atoms with Gasteiger partial charge in [-0.2, -0.15) is 0 Å². The first kappa shape index (κ1) is 20.6. The van der Waals surface area contributed by atoms with Gasteiger partial charge in [0.25, 0.3) is 11.8 Å². The van der Waals surface area contributed by atoms with Gasteiger partial charge in [-0.3, -0.25) is 19.2 Å². The molecule has 7 heteroatoms. The van der Waals surface area contributed by atoms with Crippen LogP contribution in [0.25, 0.3) is 0 Å². The maximum absolute atomic E-state index is 13.2. The lowest BCUT2D eigenvalue weighted by atomic mass is 10.1. The Kier molecular flexibility index (Phi) is 5.88. The van der Waals surface area contributed by atoms with Gasteiger partial charge < -0.3 is 14.7 Å². The van der Waals surface area contributed by atoms with Crippen molar-refractivity contribution in [3.63, 3.8) is 0 Å². The van der Waals surface area contributed by atoms with Crippen molar-refractivity contribution in [1.82, 2.24) is 14.7 Å². The quantitative estimate of drug-likeness (QED) is 0.760. The van der Waals surface area contributed by atoms with Crippen LogP contribution in [0.5, 0.6) is 0 Å². The highest BCUT2D eigenvalue weighted by molar-refractivity contribution is 6.02. The van der Waals surface area contributed by atoms with Crippen LogP contribution in [0.1, 0.15) is 66.2 Å². The maximum Gasteiger partial charge on any atom is 0.254 e. The van der Waals surface area contributed by atoms with Gasteiger partial charge in [0.05, 0.1) is 6.04 Å². The molecule has 3 aliphatic heterocycles. The van der Waals surface area contributed by atoms with E-state index in [0.29, 0.717) is 37.1 Å². The number of likely N-dealkylation sites (tertiary alicyclic amines) is 3. The third-order valence-electron chi connectivity index (χ3n) is 6.56. The van der Waals surface area contributed by atoms with Gasteiger partial charge in [0.2, 0.25) is 5.91 Å². The molecule has 3 fully saturated rings. The molecule has 3 aliphatic rings. The normalized spacial score (nSPS) is 23.8. The molecule has 4 rings (SSSR count). The van der Waals surface area contributed by atoms with Crippen LogP contribution in [0.15, 0.2) is 24.3 Å². The standard InChI is InChI=1S/C23H29N3O4/c1-16(27)19-9-5-13-25(19)21(28)17-7-4-8-18(15-17)22(29)26-14-6-10-20(26)23(30)24-11-2-3-12-24/h4,7-8,15,19-20H,2-3,5-6,9-14H2,1H3/t19-,20+/m1/s1. The molecule has 0 saturated carbocycles. The Morgan fingerprint density at radius 2 is 1.30 bits per heavy atom. The number of hydrogen-bond acceptors (Lipinski definition) is 4. The monoisotopic (exact) mass is 411 g/mol. The van der Waals surface area contributed by atoms with Crippen LogP contribution in [0.3, 0.4) is 0 Å². The Hall–Kier alpha value is -2.70. The first-order chi connectivity index (χ1) is 14.5. The highest BCUT2D eigenvalue weighted by Gasteiger charge is 2.38. The molecule has 3 heterocycles. The van der Waals surface area contributed by atoms with Crippen LogP contribution < -0.4 is 0 Å². The molecule has 0 aromatic heterocycles. The second-order valence-corrected chi connectivity index (χ2v) is 8.54. The van der Waals surface area contributed by atoms with Crippen molar-refractivity contribution >= 4 is 23.5 Å². The second kappa shape index (κ2) is 8.58. The molecule has 0 N–H and O–H groups in total. The molecule has 3 saturated heterocycles. The number of rotatable bonds is 4. The first-order valence-corrected chi connectivity index (χ1v) is 11.0. The number of ketones is 1. The third kappa shape index (κ3) is 3.85. The van der Waals surface area contributed by atoms with Crippen LogP contribution in [0, 0.1) is 0 Å². The number of Topliss-reactive ketones (excluding diaryl/α,β-unsaturated/α-hetero) is 1. The lowest BCUT2D eigenvalue weighted by Gasteiger charge is -2.28. The Morgan fingerprint density at radius 3 is 1.87 bits per heavy atom. The molecule has 30 heavy (non-hydrogen) atoms. The number of hydrogen-bond donors (Lipinski definition) is 0. The van der Waals surface area contributed by atoms with Crippen LogP contribution in [0.2, 0.25) is 0 Å². The molecule has 0 unspecified atom stereocenters. The number of carbonyl (C=O) groups is 4. The first-order valence-electron chi connectivity index (χ1n) is 11.0. The minimum atomic E-state index is -0.407. The van der Waals surface area contributed by atoms with Gasteiger partial charge in [-0.15, -0.1) is 0 Å². The fourth-order valence-electron chi connectivity index (χ4n) is 4.96. The number of amides is 3. The summed E-state index contributed by atoms with van der Waals surface area (Å²) >= 11 is 0. The highest BCUT2D eigenvalue weighted by atomic mass is 16.2. The Labute approximate surface area is 177 Å². The van der Waals surface area contributed by atoms with E-state index in [0.717, 1.165) is 38.8 Å². The number of benzene rings is 1. The minimum Gasteiger partial charge on any atom is -0.341 e. The molecule has 1 aromatic rings. The largest absolute Gasteiger partial charge is 0.341 e. The van der Waals surface area contributed by atoms with E-state index in [2.05, 4.69) is 0 Å². The van der Waals surface area contributed by atoms with Gasteiger partial charge in [-0.25, -0.2) is 0 Å². The average molecular weight is 412 g/mol. The van der Waals surface area contributed by atoms with Crippen molar-refractivity contribution in [3.8, 4) is 0 Å². The zero-order chi connectivity index (χ0) is 21.3. The van der Waals surface area contributed by atoms with Gasteiger partial charge in [-0.1, -0.05) is 6.07 Å². The van der Waals surface area contributed by atoms with Crippen LogP contribution >= 0.6 is 0 Å². The van der Waals surface area contributed by atoms with Crippen molar-refractivity contribution in [3.05, 3.63) is 35.4 Å². The fraction of sp³-hybridized carbons (Fsp3) is 0.565. The Balaban J connectivity index is 1.51. The summed E-state index contributed by atoms with van der Waals surface area (Å²) in [7, 11) is 0. The lowest BCUT2D eigenvalue weighted by Crippen LogP contribution is -2.47. The van der Waals surface area contributed by atoms with E-state index in [1.807, 2.05) is 4.90 Å². The molecule has 2 atom stereocenters. The van der Waals surface area contributed by atoms with Gasteiger partial charge in [0.15, 0.2) is 5.78 Å². The Bertz CT molecular complexity index is 862. The summed E-state index contributed by atoms with van der Waals surface area (Å²) < 4.78 is 0. The van der Waals surface area contributed by atoms with Crippen molar-refractivity contribution in [2.75, 3.05) is 26.2 Å². The van der Waals surface area contributed by atoms with E-state index in [9.17, 15) is 19.2 Å². The topological polar surface area (TPSA) is 78.0 Å². The molecule has 0 spiro atoms. The summed E-state index contributed by atoms with van der Waals surface area (Å²) in [5.74, 6) is -0.377. The zero-order valence-electron chi connectivity index (χ0n) is 17.5. The molecule has 7 nitrogen and oxygen atoms in total. The summed E-state index contributed by atoms with van der Waals surface area (Å²) in [5, 5.41) is 0. The van der Waals surface area contributed by atoms with Crippen LogP contribution in [-0.4, -0.2) is 76.5 Å². The summed E-state index contributed by atoms with van der Waals surface area (Å²) in [5.41, 5.74) is 0.830. The second-order valence-electron chi connectivity index (χ2n) is 8.54. The molecule has 0 bridgehead atoms. The fourth-order valence-corrected chi connectivity index (χ4v) is 4.96. The predicted octanol–water partition coefficient (Wildman–Crippen LogP) is 2.11. The average Bonchev–Trinajstić information content (AvgIpc) is 3.53. The van der Waals surface area contributed by atoms with E-state index >= 15 is 0 Å². The molecular weight excluding hydrogens is 382 g/mol.